The molecule has 0 spiro atoms. The number of anilines is 1. The number of benzene rings is 2. The minimum Gasteiger partial charge on any atom is -0.342 e. The molecule has 1 aromatic heterocycles. The number of rotatable bonds is 7. The molecule has 2 N–H and O–H groups in total. The van der Waals surface area contributed by atoms with Gasteiger partial charge in [-0.3, -0.25) is 9.59 Å². The number of carbonyl (C=O) groups is 2. The Balaban J connectivity index is 1.58. The molecule has 0 radical (unpaired) electrons. The van der Waals surface area contributed by atoms with Crippen molar-refractivity contribution in [2.45, 2.75) is 32.0 Å². The van der Waals surface area contributed by atoms with Crippen molar-refractivity contribution in [2.24, 2.45) is 7.05 Å². The maximum atomic E-state index is 12.4. The van der Waals surface area contributed by atoms with Crippen molar-refractivity contribution in [3.8, 4) is 0 Å². The van der Waals surface area contributed by atoms with E-state index < -0.39 is 0 Å². The van der Waals surface area contributed by atoms with Gasteiger partial charge in [-0.2, -0.15) is 0 Å². The summed E-state index contributed by atoms with van der Waals surface area (Å²) >= 11 is 7.16. The molecule has 0 aliphatic heterocycles. The summed E-state index contributed by atoms with van der Waals surface area (Å²) < 4.78 is 1.78. The molecule has 0 saturated heterocycles. The van der Waals surface area contributed by atoms with Gasteiger partial charge in [0.05, 0.1) is 11.8 Å². The van der Waals surface area contributed by atoms with Crippen LogP contribution in [0.15, 0.2) is 47.6 Å². The lowest BCUT2D eigenvalue weighted by Crippen LogP contribution is -2.28. The summed E-state index contributed by atoms with van der Waals surface area (Å²) in [6.45, 7) is 5.82. The van der Waals surface area contributed by atoms with Crippen molar-refractivity contribution >= 4 is 40.9 Å². The van der Waals surface area contributed by atoms with Gasteiger partial charge < -0.3 is 15.2 Å². The van der Waals surface area contributed by atoms with Crippen LogP contribution in [0, 0.1) is 13.8 Å². The van der Waals surface area contributed by atoms with Crippen LogP contribution in [0.4, 0.5) is 5.69 Å². The average molecular weight is 458 g/mol. The molecule has 0 bridgehead atoms. The van der Waals surface area contributed by atoms with Crippen LogP contribution in [0.25, 0.3) is 0 Å². The lowest BCUT2D eigenvalue weighted by molar-refractivity contribution is -0.113. The molecule has 7 nitrogen and oxygen atoms in total. The molecule has 0 unspecified atom stereocenters. The van der Waals surface area contributed by atoms with Crippen LogP contribution in [0.3, 0.4) is 0 Å². The Morgan fingerprint density at radius 2 is 1.74 bits per heavy atom. The first-order chi connectivity index (χ1) is 14.7. The Morgan fingerprint density at radius 1 is 1.10 bits per heavy atom. The molecule has 0 aliphatic carbocycles. The number of hydrogen-bond acceptors (Lipinski definition) is 5. The SMILES string of the molecule is Cc1cc(C)cc(NC(=O)CSc2nnc([C@@H](C)NC(=O)c3ccc(Cl)cc3)n2C)c1. The summed E-state index contributed by atoms with van der Waals surface area (Å²) in [7, 11) is 1.81. The maximum Gasteiger partial charge on any atom is 0.251 e. The number of nitrogens with zero attached hydrogens (tertiary/aromatic N) is 3. The molecule has 0 fully saturated rings. The number of halogens is 1. The van der Waals surface area contributed by atoms with Gasteiger partial charge in [0.2, 0.25) is 5.91 Å². The topological polar surface area (TPSA) is 88.9 Å². The van der Waals surface area contributed by atoms with Gasteiger partial charge in [-0.05, 0) is 68.3 Å². The van der Waals surface area contributed by atoms with Gasteiger partial charge >= 0.3 is 0 Å². The molecule has 3 aromatic rings. The molecule has 31 heavy (non-hydrogen) atoms. The summed E-state index contributed by atoms with van der Waals surface area (Å²) in [5, 5.41) is 15.3. The van der Waals surface area contributed by atoms with Crippen LogP contribution in [0.5, 0.6) is 0 Å². The second-order valence-corrected chi connectivity index (χ2v) is 8.69. The molecule has 1 heterocycles. The largest absolute Gasteiger partial charge is 0.342 e. The zero-order valence-corrected chi connectivity index (χ0v) is 19.3. The van der Waals surface area contributed by atoms with Crippen molar-refractivity contribution in [3.05, 3.63) is 70.0 Å². The summed E-state index contributed by atoms with van der Waals surface area (Å²) in [5.74, 6) is 0.446. The van der Waals surface area contributed by atoms with Crippen LogP contribution < -0.4 is 10.6 Å². The van der Waals surface area contributed by atoms with E-state index >= 15 is 0 Å². The number of thioether (sulfide) groups is 1. The van der Waals surface area contributed by atoms with E-state index in [1.54, 1.807) is 28.8 Å². The summed E-state index contributed by atoms with van der Waals surface area (Å²) in [6, 6.07) is 12.2. The van der Waals surface area contributed by atoms with Gasteiger partial charge in [0, 0.05) is 23.3 Å². The van der Waals surface area contributed by atoms with E-state index in [-0.39, 0.29) is 23.6 Å². The molecule has 0 aliphatic rings. The molecule has 2 aromatic carbocycles. The summed E-state index contributed by atoms with van der Waals surface area (Å²) in [4.78, 5) is 24.8. The first-order valence-corrected chi connectivity index (χ1v) is 11.1. The monoisotopic (exact) mass is 457 g/mol. The Hall–Kier alpha value is -2.84. The quantitative estimate of drug-likeness (QED) is 0.516. The molecule has 162 valence electrons. The molecule has 0 saturated carbocycles. The Bertz CT molecular complexity index is 1080. The van der Waals surface area contributed by atoms with Gasteiger partial charge in [-0.25, -0.2) is 0 Å². The Morgan fingerprint density at radius 3 is 2.39 bits per heavy atom. The summed E-state index contributed by atoms with van der Waals surface area (Å²) in [5.41, 5.74) is 3.47. The third-order valence-electron chi connectivity index (χ3n) is 4.55. The molecule has 2 amide bonds. The minimum atomic E-state index is -0.362. The van der Waals surface area contributed by atoms with Crippen molar-refractivity contribution in [2.75, 3.05) is 11.1 Å². The zero-order valence-electron chi connectivity index (χ0n) is 17.8. The van der Waals surface area contributed by atoms with E-state index in [0.717, 1.165) is 16.8 Å². The number of aromatic nitrogens is 3. The van der Waals surface area contributed by atoms with Gasteiger partial charge in [0.25, 0.3) is 5.91 Å². The van der Waals surface area contributed by atoms with Crippen molar-refractivity contribution in [3.63, 3.8) is 0 Å². The highest BCUT2D eigenvalue weighted by molar-refractivity contribution is 7.99. The van der Waals surface area contributed by atoms with Crippen molar-refractivity contribution in [1.29, 1.82) is 0 Å². The highest BCUT2D eigenvalue weighted by Crippen LogP contribution is 2.20. The fourth-order valence-corrected chi connectivity index (χ4v) is 3.99. The van der Waals surface area contributed by atoms with Gasteiger partial charge in [-0.15, -0.1) is 10.2 Å². The first kappa shape index (κ1) is 22.8. The van der Waals surface area contributed by atoms with E-state index in [4.69, 9.17) is 11.6 Å². The van der Waals surface area contributed by atoms with E-state index in [9.17, 15) is 9.59 Å². The lowest BCUT2D eigenvalue weighted by Gasteiger charge is -2.13. The Kier molecular flexibility index (Phi) is 7.35. The average Bonchev–Trinajstić information content (AvgIpc) is 3.06. The van der Waals surface area contributed by atoms with Gasteiger partial charge in [0.1, 0.15) is 0 Å². The highest BCUT2D eigenvalue weighted by atomic mass is 35.5. The number of amides is 2. The first-order valence-electron chi connectivity index (χ1n) is 9.69. The van der Waals surface area contributed by atoms with Crippen LogP contribution in [-0.4, -0.2) is 32.3 Å². The number of nitrogens with one attached hydrogen (secondary N) is 2. The minimum absolute atomic E-state index is 0.122. The fraction of sp³-hybridized carbons (Fsp3) is 0.273. The Labute approximate surface area is 190 Å². The third-order valence-corrected chi connectivity index (χ3v) is 5.82. The lowest BCUT2D eigenvalue weighted by atomic mass is 10.1. The molecule has 9 heteroatoms. The number of hydrogen-bond donors (Lipinski definition) is 2. The normalized spacial score (nSPS) is 11.8. The van der Waals surface area contributed by atoms with Crippen LogP contribution in [-0.2, 0) is 11.8 Å². The number of aryl methyl sites for hydroxylation is 2. The molecular weight excluding hydrogens is 434 g/mol. The van der Waals surface area contributed by atoms with Crippen LogP contribution in [0.2, 0.25) is 5.02 Å². The van der Waals surface area contributed by atoms with E-state index in [1.165, 1.54) is 11.8 Å². The van der Waals surface area contributed by atoms with Crippen molar-refractivity contribution in [1.82, 2.24) is 20.1 Å². The van der Waals surface area contributed by atoms with E-state index in [2.05, 4.69) is 26.9 Å². The second kappa shape index (κ2) is 9.98. The third kappa shape index (κ3) is 6.08. The zero-order chi connectivity index (χ0) is 22.5. The summed E-state index contributed by atoms with van der Waals surface area (Å²) in [6.07, 6.45) is 0. The second-order valence-electron chi connectivity index (χ2n) is 7.32. The standard InChI is InChI=1S/C22H24ClN5O2S/c1-13-9-14(2)11-18(10-13)25-19(29)12-31-22-27-26-20(28(22)4)15(3)24-21(30)16-5-7-17(23)8-6-16/h5-11,15H,12H2,1-4H3,(H,24,30)(H,25,29)/t15-/m1/s1. The number of carbonyl (C=O) groups excluding carboxylic acids is 2. The fourth-order valence-electron chi connectivity index (χ4n) is 3.15. The predicted molar refractivity (Wildman–Crippen MR) is 124 cm³/mol. The van der Waals surface area contributed by atoms with E-state index in [1.807, 2.05) is 40.0 Å². The molecule has 1 atom stereocenters. The van der Waals surface area contributed by atoms with Gasteiger partial charge in [0.15, 0.2) is 11.0 Å². The van der Waals surface area contributed by atoms with E-state index in [0.29, 0.717) is 21.6 Å². The van der Waals surface area contributed by atoms with Crippen LogP contribution in [0.1, 0.15) is 40.3 Å². The molecular formula is C22H24ClN5O2S. The van der Waals surface area contributed by atoms with Crippen LogP contribution >= 0.6 is 23.4 Å². The smallest absolute Gasteiger partial charge is 0.251 e. The van der Waals surface area contributed by atoms with Gasteiger partial charge in [-0.1, -0.05) is 29.4 Å². The molecule has 3 rings (SSSR count). The predicted octanol–water partition coefficient (Wildman–Crippen LogP) is 4.31. The van der Waals surface area contributed by atoms with Crippen molar-refractivity contribution < 1.29 is 9.59 Å². The highest BCUT2D eigenvalue weighted by Gasteiger charge is 2.19. The maximum absolute atomic E-state index is 12.4.